The average Bonchev–Trinajstić information content (AvgIpc) is 2.95. The van der Waals surface area contributed by atoms with Crippen molar-refractivity contribution in [3.63, 3.8) is 0 Å². The molecule has 1 amide bonds. The molecule has 1 aromatic carbocycles. The molecule has 2 rings (SSSR count). The lowest BCUT2D eigenvalue weighted by atomic mass is 9.93. The minimum Gasteiger partial charge on any atom is -0.494 e. The van der Waals surface area contributed by atoms with Crippen LogP contribution in [-0.2, 0) is 10.2 Å². The number of thioether (sulfide) groups is 1. The van der Waals surface area contributed by atoms with Crippen LogP contribution >= 0.6 is 11.8 Å². The van der Waals surface area contributed by atoms with Crippen molar-refractivity contribution in [2.24, 2.45) is 0 Å². The largest absolute Gasteiger partial charge is 0.494 e. The Morgan fingerprint density at radius 1 is 1.30 bits per heavy atom. The van der Waals surface area contributed by atoms with Crippen LogP contribution < -0.4 is 10.1 Å². The molecule has 2 aromatic rings. The van der Waals surface area contributed by atoms with Gasteiger partial charge in [-0.15, -0.1) is 11.8 Å². The van der Waals surface area contributed by atoms with Gasteiger partial charge in [-0.25, -0.2) is 0 Å². The second-order valence-corrected chi connectivity index (χ2v) is 7.12. The van der Waals surface area contributed by atoms with Gasteiger partial charge in [-0.1, -0.05) is 25.9 Å². The molecule has 0 spiro atoms. The predicted molar refractivity (Wildman–Crippen MR) is 92.2 cm³/mol. The first-order valence-corrected chi connectivity index (χ1v) is 8.50. The molecule has 124 valence electrons. The topological polar surface area (TPSA) is 64.4 Å². The van der Waals surface area contributed by atoms with Crippen LogP contribution in [0.2, 0.25) is 0 Å². The summed E-state index contributed by atoms with van der Waals surface area (Å²) in [6.45, 7) is 8.67. The van der Waals surface area contributed by atoms with E-state index < -0.39 is 0 Å². The summed E-state index contributed by atoms with van der Waals surface area (Å²) in [7, 11) is 0. The molecule has 0 aliphatic carbocycles. The molecule has 1 heterocycles. The Kier molecular flexibility index (Phi) is 5.71. The maximum atomic E-state index is 12.0. The number of anilines is 1. The predicted octanol–water partition coefficient (Wildman–Crippen LogP) is 4.10. The zero-order valence-corrected chi connectivity index (χ0v) is 14.7. The third-order valence-electron chi connectivity index (χ3n) is 3.02. The number of nitrogens with zero attached hydrogens (tertiary/aromatic N) is 1. The van der Waals surface area contributed by atoms with E-state index in [9.17, 15) is 4.79 Å². The lowest BCUT2D eigenvalue weighted by Gasteiger charge is -2.12. The van der Waals surface area contributed by atoms with Crippen molar-refractivity contribution >= 4 is 23.5 Å². The Morgan fingerprint density at radius 3 is 2.57 bits per heavy atom. The van der Waals surface area contributed by atoms with Crippen LogP contribution in [0.4, 0.5) is 5.82 Å². The first-order valence-electron chi connectivity index (χ1n) is 7.51. The second kappa shape index (κ2) is 7.55. The summed E-state index contributed by atoms with van der Waals surface area (Å²) in [6.07, 6.45) is 0. The van der Waals surface area contributed by atoms with E-state index in [1.54, 1.807) is 6.07 Å². The van der Waals surface area contributed by atoms with Crippen molar-refractivity contribution in [3.8, 4) is 5.75 Å². The second-order valence-electron chi connectivity index (χ2n) is 6.07. The van der Waals surface area contributed by atoms with Gasteiger partial charge in [-0.05, 0) is 31.2 Å². The van der Waals surface area contributed by atoms with Gasteiger partial charge >= 0.3 is 0 Å². The van der Waals surface area contributed by atoms with Crippen molar-refractivity contribution in [1.29, 1.82) is 0 Å². The monoisotopic (exact) mass is 334 g/mol. The number of amides is 1. The van der Waals surface area contributed by atoms with Crippen LogP contribution in [0, 0.1) is 0 Å². The van der Waals surface area contributed by atoms with E-state index in [-0.39, 0.29) is 11.3 Å². The SMILES string of the molecule is CCOc1ccc(SCC(=O)Nc2cc(C(C)(C)C)on2)cc1. The molecular weight excluding hydrogens is 312 g/mol. The summed E-state index contributed by atoms with van der Waals surface area (Å²) in [6, 6.07) is 9.45. The Morgan fingerprint density at radius 2 is 2.00 bits per heavy atom. The number of hydrogen-bond acceptors (Lipinski definition) is 5. The number of carbonyl (C=O) groups is 1. The van der Waals surface area contributed by atoms with Crippen LogP contribution in [0.15, 0.2) is 39.8 Å². The van der Waals surface area contributed by atoms with Crippen molar-refractivity contribution in [2.45, 2.75) is 38.0 Å². The zero-order valence-electron chi connectivity index (χ0n) is 13.9. The van der Waals surface area contributed by atoms with Crippen LogP contribution in [0.1, 0.15) is 33.5 Å². The molecule has 0 bridgehead atoms. The minimum atomic E-state index is -0.132. The number of aromatic nitrogens is 1. The van der Waals surface area contributed by atoms with E-state index >= 15 is 0 Å². The molecule has 0 aliphatic rings. The van der Waals surface area contributed by atoms with E-state index in [1.165, 1.54) is 11.8 Å². The molecule has 1 aromatic heterocycles. The Labute approximate surface area is 140 Å². The normalized spacial score (nSPS) is 11.3. The van der Waals surface area contributed by atoms with Gasteiger partial charge in [-0.3, -0.25) is 4.79 Å². The van der Waals surface area contributed by atoms with Gasteiger partial charge in [0.15, 0.2) is 5.82 Å². The molecule has 5 nitrogen and oxygen atoms in total. The summed E-state index contributed by atoms with van der Waals surface area (Å²) < 4.78 is 10.6. The maximum Gasteiger partial charge on any atom is 0.235 e. The number of carbonyl (C=O) groups excluding carboxylic acids is 1. The highest BCUT2D eigenvalue weighted by Gasteiger charge is 2.20. The molecule has 0 saturated heterocycles. The number of hydrogen-bond donors (Lipinski definition) is 1. The Bertz CT molecular complexity index is 645. The highest BCUT2D eigenvalue weighted by Crippen LogP contribution is 2.25. The lowest BCUT2D eigenvalue weighted by molar-refractivity contribution is -0.113. The summed E-state index contributed by atoms with van der Waals surface area (Å²) >= 11 is 1.46. The van der Waals surface area contributed by atoms with Crippen LogP contribution in [0.5, 0.6) is 5.75 Å². The number of ether oxygens (including phenoxy) is 1. The first-order chi connectivity index (χ1) is 10.9. The molecule has 0 aliphatic heterocycles. The fraction of sp³-hybridized carbons (Fsp3) is 0.412. The molecule has 0 atom stereocenters. The average molecular weight is 334 g/mol. The third-order valence-corrected chi connectivity index (χ3v) is 4.03. The van der Waals surface area contributed by atoms with E-state index in [1.807, 2.05) is 52.0 Å². The quantitative estimate of drug-likeness (QED) is 0.806. The number of rotatable bonds is 6. The van der Waals surface area contributed by atoms with Crippen LogP contribution in [0.25, 0.3) is 0 Å². The van der Waals surface area contributed by atoms with Crippen LogP contribution in [-0.4, -0.2) is 23.4 Å². The summed E-state index contributed by atoms with van der Waals surface area (Å²) in [5.41, 5.74) is -0.132. The molecule has 23 heavy (non-hydrogen) atoms. The molecule has 0 unspecified atom stereocenters. The van der Waals surface area contributed by atoms with Gasteiger partial charge in [0, 0.05) is 16.4 Å². The molecule has 0 saturated carbocycles. The van der Waals surface area contributed by atoms with Gasteiger partial charge in [0.05, 0.1) is 12.4 Å². The lowest BCUT2D eigenvalue weighted by Crippen LogP contribution is -2.14. The van der Waals surface area contributed by atoms with Crippen molar-refractivity contribution in [3.05, 3.63) is 36.1 Å². The van der Waals surface area contributed by atoms with E-state index in [0.29, 0.717) is 18.2 Å². The Balaban J connectivity index is 1.84. The van der Waals surface area contributed by atoms with E-state index in [4.69, 9.17) is 9.26 Å². The fourth-order valence-corrected chi connectivity index (χ4v) is 2.51. The fourth-order valence-electron chi connectivity index (χ4n) is 1.81. The van der Waals surface area contributed by atoms with Crippen molar-refractivity contribution in [1.82, 2.24) is 5.16 Å². The van der Waals surface area contributed by atoms with Gasteiger partial charge in [0.2, 0.25) is 5.91 Å². The smallest absolute Gasteiger partial charge is 0.235 e. The number of benzene rings is 1. The highest BCUT2D eigenvalue weighted by molar-refractivity contribution is 8.00. The summed E-state index contributed by atoms with van der Waals surface area (Å²) in [5, 5.41) is 6.62. The van der Waals surface area contributed by atoms with Crippen LogP contribution in [0.3, 0.4) is 0 Å². The zero-order chi connectivity index (χ0) is 16.9. The summed E-state index contributed by atoms with van der Waals surface area (Å²) in [5.74, 6) is 2.22. The Hall–Kier alpha value is -1.95. The van der Waals surface area contributed by atoms with Crippen molar-refractivity contribution in [2.75, 3.05) is 17.7 Å². The van der Waals surface area contributed by atoms with Gasteiger partial charge in [0.1, 0.15) is 11.5 Å². The standard InChI is InChI=1S/C17H22N2O3S/c1-5-21-12-6-8-13(9-7-12)23-11-16(20)18-15-10-14(22-19-15)17(2,3)4/h6-10H,5,11H2,1-4H3,(H,18,19,20). The highest BCUT2D eigenvalue weighted by atomic mass is 32.2. The third kappa shape index (κ3) is 5.32. The van der Waals surface area contributed by atoms with Gasteiger partial charge < -0.3 is 14.6 Å². The van der Waals surface area contributed by atoms with E-state index in [2.05, 4.69) is 10.5 Å². The van der Waals surface area contributed by atoms with E-state index in [0.717, 1.165) is 16.4 Å². The molecular formula is C17H22N2O3S. The minimum absolute atomic E-state index is 0.113. The summed E-state index contributed by atoms with van der Waals surface area (Å²) in [4.78, 5) is 13.0. The van der Waals surface area contributed by atoms with Gasteiger partial charge in [0.25, 0.3) is 0 Å². The molecule has 0 radical (unpaired) electrons. The molecule has 0 fully saturated rings. The maximum absolute atomic E-state index is 12.0. The number of nitrogens with one attached hydrogen (secondary N) is 1. The van der Waals surface area contributed by atoms with Crippen molar-refractivity contribution < 1.29 is 14.1 Å². The molecule has 1 N–H and O–H groups in total. The first kappa shape index (κ1) is 17.4. The van der Waals surface area contributed by atoms with Gasteiger partial charge in [-0.2, -0.15) is 0 Å². The molecule has 6 heteroatoms.